The number of rotatable bonds is 6. The van der Waals surface area contributed by atoms with Gasteiger partial charge in [-0.05, 0) is 45.7 Å². The van der Waals surface area contributed by atoms with E-state index in [2.05, 4.69) is 31.2 Å². The van der Waals surface area contributed by atoms with Crippen LogP contribution in [0.15, 0.2) is 0 Å². The van der Waals surface area contributed by atoms with Gasteiger partial charge in [0.2, 0.25) is 5.91 Å². The molecule has 1 aliphatic carbocycles. The highest BCUT2D eigenvalue weighted by Crippen LogP contribution is 2.35. The Balaban J connectivity index is 2.71. The smallest absolute Gasteiger partial charge is 0.240 e. The van der Waals surface area contributed by atoms with Crippen molar-refractivity contribution in [2.45, 2.75) is 70.4 Å². The maximum Gasteiger partial charge on any atom is 0.240 e. The SMILES string of the molecule is CCC(N)(CC)C(=O)NCC1(N(C)C)CCCC(C)C1. The molecule has 2 unspecified atom stereocenters. The fourth-order valence-corrected chi connectivity index (χ4v) is 3.35. The summed E-state index contributed by atoms with van der Waals surface area (Å²) in [6, 6.07) is 0. The number of carbonyl (C=O) groups is 1. The van der Waals surface area contributed by atoms with E-state index in [0.717, 1.165) is 18.8 Å². The van der Waals surface area contributed by atoms with Crippen LogP contribution in [0, 0.1) is 5.92 Å². The van der Waals surface area contributed by atoms with Crippen molar-refractivity contribution in [1.82, 2.24) is 10.2 Å². The minimum Gasteiger partial charge on any atom is -0.353 e. The molecule has 0 radical (unpaired) electrons. The molecule has 1 amide bonds. The summed E-state index contributed by atoms with van der Waals surface area (Å²) in [6.07, 6.45) is 6.21. The lowest BCUT2D eigenvalue weighted by atomic mass is 9.75. The lowest BCUT2D eigenvalue weighted by Crippen LogP contribution is -2.60. The predicted molar refractivity (Wildman–Crippen MR) is 84.6 cm³/mol. The van der Waals surface area contributed by atoms with Crippen molar-refractivity contribution in [1.29, 1.82) is 0 Å². The van der Waals surface area contributed by atoms with Gasteiger partial charge in [-0.3, -0.25) is 4.79 Å². The van der Waals surface area contributed by atoms with Crippen LogP contribution < -0.4 is 11.1 Å². The third-order valence-electron chi connectivity index (χ3n) is 5.31. The Hall–Kier alpha value is -0.610. The number of amides is 1. The lowest BCUT2D eigenvalue weighted by molar-refractivity contribution is -0.127. The zero-order chi connectivity index (χ0) is 15.4. The first-order valence-electron chi connectivity index (χ1n) is 8.04. The molecule has 4 heteroatoms. The van der Waals surface area contributed by atoms with Crippen LogP contribution in [0.4, 0.5) is 0 Å². The monoisotopic (exact) mass is 283 g/mol. The number of nitrogens with one attached hydrogen (secondary N) is 1. The summed E-state index contributed by atoms with van der Waals surface area (Å²) in [6.45, 7) is 6.98. The van der Waals surface area contributed by atoms with E-state index >= 15 is 0 Å². The molecule has 20 heavy (non-hydrogen) atoms. The highest BCUT2D eigenvalue weighted by atomic mass is 16.2. The van der Waals surface area contributed by atoms with Crippen LogP contribution in [0.25, 0.3) is 0 Å². The fraction of sp³-hybridized carbons (Fsp3) is 0.938. The summed E-state index contributed by atoms with van der Waals surface area (Å²) in [5, 5.41) is 3.13. The highest BCUT2D eigenvalue weighted by Gasteiger charge is 2.38. The van der Waals surface area contributed by atoms with Gasteiger partial charge >= 0.3 is 0 Å². The molecule has 1 rings (SSSR count). The molecule has 0 saturated heterocycles. The van der Waals surface area contributed by atoms with Crippen molar-refractivity contribution in [2.24, 2.45) is 11.7 Å². The van der Waals surface area contributed by atoms with Gasteiger partial charge in [0.25, 0.3) is 0 Å². The summed E-state index contributed by atoms with van der Waals surface area (Å²) in [7, 11) is 4.25. The second-order valence-electron chi connectivity index (χ2n) is 6.87. The molecule has 0 aliphatic heterocycles. The van der Waals surface area contributed by atoms with E-state index in [0.29, 0.717) is 19.4 Å². The molecular weight excluding hydrogens is 250 g/mol. The van der Waals surface area contributed by atoms with E-state index < -0.39 is 5.54 Å². The maximum absolute atomic E-state index is 12.4. The number of nitrogens with zero attached hydrogens (tertiary/aromatic N) is 1. The topological polar surface area (TPSA) is 58.4 Å². The van der Waals surface area contributed by atoms with E-state index in [1.54, 1.807) is 0 Å². The first-order chi connectivity index (χ1) is 9.29. The maximum atomic E-state index is 12.4. The summed E-state index contributed by atoms with van der Waals surface area (Å²) < 4.78 is 0. The van der Waals surface area contributed by atoms with Crippen LogP contribution in [-0.2, 0) is 4.79 Å². The van der Waals surface area contributed by atoms with Gasteiger partial charge in [0.1, 0.15) is 0 Å². The highest BCUT2D eigenvalue weighted by molar-refractivity contribution is 5.86. The van der Waals surface area contributed by atoms with Crippen LogP contribution in [-0.4, -0.2) is 42.5 Å². The molecule has 0 spiro atoms. The first kappa shape index (κ1) is 17.4. The van der Waals surface area contributed by atoms with Crippen LogP contribution in [0.5, 0.6) is 0 Å². The Morgan fingerprint density at radius 1 is 1.40 bits per heavy atom. The van der Waals surface area contributed by atoms with Crippen molar-refractivity contribution in [2.75, 3.05) is 20.6 Å². The van der Waals surface area contributed by atoms with Crippen molar-refractivity contribution >= 4 is 5.91 Å². The van der Waals surface area contributed by atoms with Crippen molar-refractivity contribution in [3.05, 3.63) is 0 Å². The molecule has 2 atom stereocenters. The Labute approximate surface area is 124 Å². The van der Waals surface area contributed by atoms with Gasteiger partial charge in [-0.15, -0.1) is 0 Å². The van der Waals surface area contributed by atoms with Crippen LogP contribution >= 0.6 is 0 Å². The molecule has 0 aromatic carbocycles. The van der Waals surface area contributed by atoms with Gasteiger partial charge in [-0.2, -0.15) is 0 Å². The molecule has 0 aromatic heterocycles. The first-order valence-corrected chi connectivity index (χ1v) is 8.04. The Morgan fingerprint density at radius 3 is 2.45 bits per heavy atom. The molecule has 1 aliphatic rings. The summed E-state index contributed by atoms with van der Waals surface area (Å²) in [5.41, 5.74) is 5.56. The predicted octanol–water partition coefficient (Wildman–Crippen LogP) is 2.13. The quantitative estimate of drug-likeness (QED) is 0.785. The number of hydrogen-bond acceptors (Lipinski definition) is 3. The summed E-state index contributed by atoms with van der Waals surface area (Å²) >= 11 is 0. The van der Waals surface area contributed by atoms with Crippen LogP contribution in [0.1, 0.15) is 59.3 Å². The van der Waals surface area contributed by atoms with Gasteiger partial charge in [-0.25, -0.2) is 0 Å². The third-order valence-corrected chi connectivity index (χ3v) is 5.31. The second kappa shape index (κ2) is 6.90. The molecule has 1 fully saturated rings. The average molecular weight is 283 g/mol. The normalized spacial score (nSPS) is 27.6. The number of hydrogen-bond donors (Lipinski definition) is 2. The Kier molecular flexibility index (Phi) is 6.02. The summed E-state index contributed by atoms with van der Waals surface area (Å²) in [4.78, 5) is 14.7. The zero-order valence-corrected chi connectivity index (χ0v) is 14.0. The summed E-state index contributed by atoms with van der Waals surface area (Å²) in [5.74, 6) is 0.727. The fourth-order valence-electron chi connectivity index (χ4n) is 3.35. The molecule has 1 saturated carbocycles. The molecule has 118 valence electrons. The van der Waals surface area contributed by atoms with Crippen molar-refractivity contribution in [3.8, 4) is 0 Å². The molecular formula is C16H33N3O. The Morgan fingerprint density at radius 2 is 2.00 bits per heavy atom. The molecule has 3 N–H and O–H groups in total. The molecule has 0 heterocycles. The Bertz CT molecular complexity index is 326. The van der Waals surface area contributed by atoms with Crippen molar-refractivity contribution in [3.63, 3.8) is 0 Å². The standard InChI is InChI=1S/C16H33N3O/c1-6-16(17,7-2)14(20)18-12-15(19(4)5)10-8-9-13(3)11-15/h13H,6-12,17H2,1-5H3,(H,18,20). The van der Waals surface area contributed by atoms with Gasteiger partial charge < -0.3 is 16.0 Å². The van der Waals surface area contributed by atoms with Gasteiger partial charge in [0.15, 0.2) is 0 Å². The van der Waals surface area contributed by atoms with Gasteiger partial charge in [-0.1, -0.05) is 33.6 Å². The second-order valence-corrected chi connectivity index (χ2v) is 6.87. The molecule has 0 aromatic rings. The zero-order valence-electron chi connectivity index (χ0n) is 14.0. The molecule has 0 bridgehead atoms. The van der Waals surface area contributed by atoms with E-state index in [1.165, 1.54) is 12.8 Å². The van der Waals surface area contributed by atoms with Crippen LogP contribution in [0.2, 0.25) is 0 Å². The third kappa shape index (κ3) is 3.73. The number of carbonyl (C=O) groups excluding carboxylic acids is 1. The van der Waals surface area contributed by atoms with Gasteiger partial charge in [0.05, 0.1) is 5.54 Å². The van der Waals surface area contributed by atoms with Crippen molar-refractivity contribution < 1.29 is 4.79 Å². The van der Waals surface area contributed by atoms with E-state index in [4.69, 9.17) is 5.73 Å². The van der Waals surface area contributed by atoms with E-state index in [1.807, 2.05) is 13.8 Å². The number of likely N-dealkylation sites (N-methyl/N-ethyl adjacent to an activating group) is 1. The lowest BCUT2D eigenvalue weighted by Gasteiger charge is -2.45. The largest absolute Gasteiger partial charge is 0.353 e. The van der Waals surface area contributed by atoms with Gasteiger partial charge in [0, 0.05) is 12.1 Å². The number of nitrogens with two attached hydrogens (primary N) is 1. The average Bonchev–Trinajstić information content (AvgIpc) is 2.43. The van der Waals surface area contributed by atoms with Crippen LogP contribution in [0.3, 0.4) is 0 Å². The van der Waals surface area contributed by atoms with E-state index in [-0.39, 0.29) is 11.4 Å². The minimum absolute atomic E-state index is 0.00181. The van der Waals surface area contributed by atoms with E-state index in [9.17, 15) is 4.79 Å². The molecule has 4 nitrogen and oxygen atoms in total. The minimum atomic E-state index is -0.714.